The second-order valence-electron chi connectivity index (χ2n) is 3.69. The number of carbonyl (C=O) groups excluding carboxylic acids is 1. The van der Waals surface area contributed by atoms with Gasteiger partial charge in [0, 0.05) is 25.2 Å². The van der Waals surface area contributed by atoms with Gasteiger partial charge in [-0.3, -0.25) is 9.69 Å². The predicted octanol–water partition coefficient (Wildman–Crippen LogP) is 0.0207. The molecule has 2 N–H and O–H groups in total. The largest absolute Gasteiger partial charge is 0.389 e. The van der Waals surface area contributed by atoms with E-state index in [4.69, 9.17) is 4.74 Å². The Hall–Kier alpha value is -1.02. The molecule has 7 heteroatoms. The van der Waals surface area contributed by atoms with E-state index in [1.54, 1.807) is 23.5 Å². The van der Waals surface area contributed by atoms with Crippen LogP contribution in [0.5, 0.6) is 0 Å². The van der Waals surface area contributed by atoms with Crippen molar-refractivity contribution in [1.82, 2.24) is 9.88 Å². The molecule has 0 spiro atoms. The Morgan fingerprint density at radius 3 is 3.12 bits per heavy atom. The molecule has 0 saturated heterocycles. The summed E-state index contributed by atoms with van der Waals surface area (Å²) in [7, 11) is 3.29. The third-order valence-corrected chi connectivity index (χ3v) is 2.66. The number of aliphatic hydroxyl groups excluding tert-OH is 1. The minimum absolute atomic E-state index is 0.146. The summed E-state index contributed by atoms with van der Waals surface area (Å²) in [5, 5.41) is 14.5. The van der Waals surface area contributed by atoms with Crippen LogP contribution < -0.4 is 5.32 Å². The van der Waals surface area contributed by atoms with Crippen LogP contribution >= 0.6 is 11.3 Å². The normalized spacial score (nSPS) is 12.7. The molecule has 1 rings (SSSR count). The Kier molecular flexibility index (Phi) is 6.06. The summed E-state index contributed by atoms with van der Waals surface area (Å²) in [6, 6.07) is 0. The van der Waals surface area contributed by atoms with Crippen molar-refractivity contribution in [3.63, 3.8) is 0 Å². The van der Waals surface area contributed by atoms with Gasteiger partial charge in [-0.15, -0.1) is 11.3 Å². The van der Waals surface area contributed by atoms with Crippen LogP contribution in [-0.4, -0.2) is 60.9 Å². The highest BCUT2D eigenvalue weighted by Crippen LogP contribution is 2.09. The van der Waals surface area contributed by atoms with Crippen LogP contribution in [0, 0.1) is 0 Å². The molecule has 0 saturated carbocycles. The van der Waals surface area contributed by atoms with Crippen LogP contribution in [0.1, 0.15) is 0 Å². The summed E-state index contributed by atoms with van der Waals surface area (Å²) in [5.74, 6) is -0.146. The summed E-state index contributed by atoms with van der Waals surface area (Å²) in [6.45, 7) is 0.859. The Morgan fingerprint density at radius 1 is 1.76 bits per heavy atom. The number of aromatic nitrogens is 1. The first-order chi connectivity index (χ1) is 8.11. The monoisotopic (exact) mass is 259 g/mol. The average Bonchev–Trinajstić information content (AvgIpc) is 2.69. The van der Waals surface area contributed by atoms with Gasteiger partial charge in [0.05, 0.1) is 19.3 Å². The zero-order chi connectivity index (χ0) is 12.7. The molecule has 0 bridgehead atoms. The van der Waals surface area contributed by atoms with Crippen LogP contribution in [0.4, 0.5) is 5.13 Å². The van der Waals surface area contributed by atoms with Crippen LogP contribution in [0.2, 0.25) is 0 Å². The lowest BCUT2D eigenvalue weighted by atomic mass is 10.3. The fraction of sp³-hybridized carbons (Fsp3) is 0.600. The lowest BCUT2D eigenvalue weighted by Gasteiger charge is -2.19. The van der Waals surface area contributed by atoms with Crippen molar-refractivity contribution in [1.29, 1.82) is 0 Å². The minimum atomic E-state index is -0.585. The van der Waals surface area contributed by atoms with Gasteiger partial charge in [0.1, 0.15) is 0 Å². The molecule has 0 aliphatic heterocycles. The smallest absolute Gasteiger partial charge is 0.240 e. The van der Waals surface area contributed by atoms with Crippen molar-refractivity contribution in [3.05, 3.63) is 11.6 Å². The van der Waals surface area contributed by atoms with E-state index in [2.05, 4.69) is 10.3 Å². The van der Waals surface area contributed by atoms with Crippen molar-refractivity contribution in [2.75, 3.05) is 39.2 Å². The molecule has 0 radical (unpaired) electrons. The topological polar surface area (TPSA) is 74.7 Å². The van der Waals surface area contributed by atoms with Crippen molar-refractivity contribution in [3.8, 4) is 0 Å². The van der Waals surface area contributed by atoms with E-state index in [-0.39, 0.29) is 19.1 Å². The van der Waals surface area contributed by atoms with Crippen LogP contribution in [0.15, 0.2) is 11.6 Å². The maximum atomic E-state index is 11.6. The number of rotatable bonds is 7. The Balaban J connectivity index is 2.26. The molecule has 1 heterocycles. The first kappa shape index (κ1) is 14.0. The number of carbonyl (C=O) groups is 1. The molecule has 96 valence electrons. The van der Waals surface area contributed by atoms with Crippen molar-refractivity contribution in [2.45, 2.75) is 6.10 Å². The third-order valence-electron chi connectivity index (χ3n) is 1.97. The second-order valence-corrected chi connectivity index (χ2v) is 4.59. The number of anilines is 1. The average molecular weight is 259 g/mol. The van der Waals surface area contributed by atoms with Crippen LogP contribution in [0.3, 0.4) is 0 Å². The molecule has 1 aromatic heterocycles. The number of nitrogens with one attached hydrogen (secondary N) is 1. The van der Waals surface area contributed by atoms with E-state index in [1.165, 1.54) is 18.4 Å². The first-order valence-electron chi connectivity index (χ1n) is 5.16. The van der Waals surface area contributed by atoms with Gasteiger partial charge in [0.15, 0.2) is 5.13 Å². The molecule has 0 aliphatic rings. The number of methoxy groups -OCH3 is 1. The summed E-state index contributed by atoms with van der Waals surface area (Å²) >= 11 is 1.37. The number of amides is 1. The van der Waals surface area contributed by atoms with Crippen molar-refractivity contribution < 1.29 is 14.6 Å². The standard InChI is InChI=1S/C10H17N3O3S/c1-13(5-8(14)7-16-2)6-9(15)12-10-11-3-4-17-10/h3-4,8,14H,5-7H2,1-2H3,(H,11,12,15). The van der Waals surface area contributed by atoms with Crippen molar-refractivity contribution in [2.24, 2.45) is 0 Å². The zero-order valence-electron chi connectivity index (χ0n) is 9.92. The molecular weight excluding hydrogens is 242 g/mol. The number of nitrogens with zero attached hydrogens (tertiary/aromatic N) is 2. The molecule has 1 unspecified atom stereocenters. The lowest BCUT2D eigenvalue weighted by molar-refractivity contribution is -0.117. The van der Waals surface area contributed by atoms with E-state index < -0.39 is 6.10 Å². The Labute approximate surface area is 104 Å². The summed E-state index contributed by atoms with van der Waals surface area (Å²) < 4.78 is 4.81. The number of hydrogen-bond acceptors (Lipinski definition) is 6. The lowest BCUT2D eigenvalue weighted by Crippen LogP contribution is -2.37. The minimum Gasteiger partial charge on any atom is -0.389 e. The van der Waals surface area contributed by atoms with Gasteiger partial charge in [-0.25, -0.2) is 4.98 Å². The highest BCUT2D eigenvalue weighted by Gasteiger charge is 2.12. The zero-order valence-corrected chi connectivity index (χ0v) is 10.7. The van der Waals surface area contributed by atoms with Crippen molar-refractivity contribution >= 4 is 22.4 Å². The van der Waals surface area contributed by atoms with Crippen LogP contribution in [0.25, 0.3) is 0 Å². The molecule has 0 aromatic carbocycles. The second kappa shape index (κ2) is 7.33. The van der Waals surface area contributed by atoms with E-state index in [0.29, 0.717) is 11.7 Å². The first-order valence-corrected chi connectivity index (χ1v) is 6.04. The summed E-state index contributed by atoms with van der Waals surface area (Å²) in [5.41, 5.74) is 0. The third kappa shape index (κ3) is 5.73. The highest BCUT2D eigenvalue weighted by atomic mass is 32.1. The van der Waals surface area contributed by atoms with Gasteiger partial charge in [-0.2, -0.15) is 0 Å². The maximum Gasteiger partial charge on any atom is 0.240 e. The fourth-order valence-corrected chi connectivity index (χ4v) is 1.90. The van der Waals surface area contributed by atoms with Gasteiger partial charge >= 0.3 is 0 Å². The number of likely N-dealkylation sites (N-methyl/N-ethyl adjacent to an activating group) is 1. The van der Waals surface area contributed by atoms with E-state index in [1.807, 2.05) is 0 Å². The number of aliphatic hydroxyl groups is 1. The van der Waals surface area contributed by atoms with E-state index >= 15 is 0 Å². The SMILES string of the molecule is COCC(O)CN(C)CC(=O)Nc1nccs1. The maximum absolute atomic E-state index is 11.6. The predicted molar refractivity (Wildman–Crippen MR) is 66.1 cm³/mol. The van der Waals surface area contributed by atoms with Gasteiger partial charge in [-0.1, -0.05) is 0 Å². The summed E-state index contributed by atoms with van der Waals surface area (Å²) in [4.78, 5) is 17.2. The number of ether oxygens (including phenoxy) is 1. The number of thiazole rings is 1. The Morgan fingerprint density at radius 2 is 2.53 bits per heavy atom. The molecule has 1 aromatic rings. The summed E-state index contributed by atoms with van der Waals surface area (Å²) in [6.07, 6.45) is 1.05. The highest BCUT2D eigenvalue weighted by molar-refractivity contribution is 7.13. The van der Waals surface area contributed by atoms with E-state index in [9.17, 15) is 9.90 Å². The molecule has 17 heavy (non-hydrogen) atoms. The molecule has 1 atom stereocenters. The molecule has 6 nitrogen and oxygen atoms in total. The van der Waals surface area contributed by atoms with Gasteiger partial charge < -0.3 is 15.2 Å². The van der Waals surface area contributed by atoms with E-state index in [0.717, 1.165) is 0 Å². The van der Waals surface area contributed by atoms with Gasteiger partial charge in [-0.05, 0) is 7.05 Å². The molecular formula is C10H17N3O3S. The molecule has 0 aliphatic carbocycles. The number of hydrogen-bond donors (Lipinski definition) is 2. The molecule has 1 amide bonds. The van der Waals surface area contributed by atoms with Gasteiger partial charge in [0.2, 0.25) is 5.91 Å². The van der Waals surface area contributed by atoms with Crippen LogP contribution in [-0.2, 0) is 9.53 Å². The van der Waals surface area contributed by atoms with Gasteiger partial charge in [0.25, 0.3) is 0 Å². The quantitative estimate of drug-likeness (QED) is 0.722. The fourth-order valence-electron chi connectivity index (χ4n) is 1.36. The molecule has 0 fully saturated rings. The Bertz CT molecular complexity index is 332.